The summed E-state index contributed by atoms with van der Waals surface area (Å²) in [6, 6.07) is 5.67. The van der Waals surface area contributed by atoms with E-state index in [-0.39, 0.29) is 18.7 Å². The fraction of sp³-hybridized carbons (Fsp3) is 0.462. The lowest BCUT2D eigenvalue weighted by molar-refractivity contribution is -0.143. The van der Waals surface area contributed by atoms with Gasteiger partial charge in [0.15, 0.2) is 11.5 Å². The Balaban J connectivity index is 1.93. The number of hydrogen-bond acceptors (Lipinski definition) is 4. The van der Waals surface area contributed by atoms with Gasteiger partial charge in [0.25, 0.3) is 0 Å². The Bertz CT molecular complexity index is 451. The van der Waals surface area contributed by atoms with Crippen LogP contribution in [-0.2, 0) is 9.53 Å². The number of hydrogen-bond donors (Lipinski definition) is 0. The molecule has 90 valence electrons. The van der Waals surface area contributed by atoms with Gasteiger partial charge in [-0.25, -0.2) is 0 Å². The second-order valence-electron chi connectivity index (χ2n) is 4.45. The van der Waals surface area contributed by atoms with Gasteiger partial charge in [0.2, 0.25) is 6.79 Å². The summed E-state index contributed by atoms with van der Waals surface area (Å²) in [6.45, 7) is 0.255. The predicted molar refractivity (Wildman–Crippen MR) is 60.0 cm³/mol. The van der Waals surface area contributed by atoms with Crippen molar-refractivity contribution in [3.63, 3.8) is 0 Å². The van der Waals surface area contributed by atoms with Gasteiger partial charge in [-0.15, -0.1) is 0 Å². The smallest absolute Gasteiger partial charge is 0.313 e. The van der Waals surface area contributed by atoms with E-state index in [1.807, 2.05) is 18.2 Å². The highest BCUT2D eigenvalue weighted by Gasteiger charge is 2.38. The highest BCUT2D eigenvalue weighted by atomic mass is 16.7. The van der Waals surface area contributed by atoms with Gasteiger partial charge in [-0.3, -0.25) is 4.79 Å². The minimum atomic E-state index is -0.161. The average molecular weight is 234 g/mol. The van der Waals surface area contributed by atoms with Crippen molar-refractivity contribution in [3.05, 3.63) is 23.8 Å². The Morgan fingerprint density at radius 3 is 2.82 bits per heavy atom. The molecule has 1 heterocycles. The summed E-state index contributed by atoms with van der Waals surface area (Å²) in [5.41, 5.74) is 0.962. The Labute approximate surface area is 99.5 Å². The molecule has 0 N–H and O–H groups in total. The Morgan fingerprint density at radius 2 is 2.12 bits per heavy atom. The molecular formula is C13H14O4. The van der Waals surface area contributed by atoms with Crippen molar-refractivity contribution in [1.82, 2.24) is 0 Å². The molecule has 3 rings (SSSR count). The molecule has 0 radical (unpaired) electrons. The molecule has 1 fully saturated rings. The molecule has 1 aromatic carbocycles. The molecule has 0 bridgehead atoms. The topological polar surface area (TPSA) is 44.8 Å². The quantitative estimate of drug-likeness (QED) is 0.751. The van der Waals surface area contributed by atoms with Crippen LogP contribution in [0.5, 0.6) is 11.5 Å². The average Bonchev–Trinajstić information content (AvgIpc) is 3.06. The van der Waals surface area contributed by atoms with E-state index >= 15 is 0 Å². The molecule has 1 aliphatic carbocycles. The molecule has 17 heavy (non-hydrogen) atoms. The zero-order valence-corrected chi connectivity index (χ0v) is 9.64. The Morgan fingerprint density at radius 1 is 1.35 bits per heavy atom. The molecule has 4 nitrogen and oxygen atoms in total. The second-order valence-corrected chi connectivity index (χ2v) is 4.45. The van der Waals surface area contributed by atoms with E-state index in [9.17, 15) is 4.79 Å². The summed E-state index contributed by atoms with van der Waals surface area (Å²) in [6.07, 6.45) is 2.18. The second kappa shape index (κ2) is 3.95. The lowest BCUT2D eigenvalue weighted by Crippen LogP contribution is -2.16. The van der Waals surface area contributed by atoms with E-state index in [0.29, 0.717) is 5.92 Å². The van der Waals surface area contributed by atoms with E-state index in [2.05, 4.69) is 0 Å². The summed E-state index contributed by atoms with van der Waals surface area (Å²) >= 11 is 0. The van der Waals surface area contributed by atoms with Crippen LogP contribution in [0.2, 0.25) is 0 Å². The summed E-state index contributed by atoms with van der Waals surface area (Å²) < 4.78 is 15.5. The van der Waals surface area contributed by atoms with E-state index in [0.717, 1.165) is 29.9 Å². The van der Waals surface area contributed by atoms with Crippen LogP contribution in [0, 0.1) is 5.92 Å². The molecule has 2 aliphatic rings. The summed E-state index contributed by atoms with van der Waals surface area (Å²) in [5, 5.41) is 0. The molecular weight excluding hydrogens is 220 g/mol. The fourth-order valence-corrected chi connectivity index (χ4v) is 2.26. The first-order chi connectivity index (χ1) is 8.29. The first kappa shape index (κ1) is 10.4. The number of ether oxygens (including phenoxy) is 3. The third kappa shape index (κ3) is 1.84. The van der Waals surface area contributed by atoms with Crippen LogP contribution in [0.15, 0.2) is 18.2 Å². The molecule has 0 saturated heterocycles. The maximum absolute atomic E-state index is 11.8. The summed E-state index contributed by atoms with van der Waals surface area (Å²) in [5.74, 6) is 1.56. The molecule has 0 aromatic heterocycles. The Kier molecular flexibility index (Phi) is 2.42. The van der Waals surface area contributed by atoms with Crippen LogP contribution in [0.25, 0.3) is 0 Å². The van der Waals surface area contributed by atoms with E-state index < -0.39 is 0 Å². The maximum atomic E-state index is 11.8. The molecule has 0 amide bonds. The van der Waals surface area contributed by atoms with Crippen molar-refractivity contribution < 1.29 is 19.0 Å². The van der Waals surface area contributed by atoms with Gasteiger partial charge >= 0.3 is 5.97 Å². The molecule has 1 aromatic rings. The largest absolute Gasteiger partial charge is 0.469 e. The van der Waals surface area contributed by atoms with Crippen molar-refractivity contribution >= 4 is 5.97 Å². The Hall–Kier alpha value is -1.71. The molecule has 4 heteroatoms. The van der Waals surface area contributed by atoms with Gasteiger partial charge in [-0.05, 0) is 36.5 Å². The van der Waals surface area contributed by atoms with Crippen LogP contribution >= 0.6 is 0 Å². The van der Waals surface area contributed by atoms with Crippen molar-refractivity contribution in [1.29, 1.82) is 0 Å². The van der Waals surface area contributed by atoms with Crippen molar-refractivity contribution in [2.75, 3.05) is 13.9 Å². The highest BCUT2D eigenvalue weighted by Crippen LogP contribution is 2.45. The van der Waals surface area contributed by atoms with Crippen LogP contribution in [0.4, 0.5) is 0 Å². The van der Waals surface area contributed by atoms with Crippen LogP contribution < -0.4 is 9.47 Å². The summed E-state index contributed by atoms with van der Waals surface area (Å²) in [4.78, 5) is 11.8. The number of carbonyl (C=O) groups is 1. The van der Waals surface area contributed by atoms with Crippen molar-refractivity contribution in [2.45, 2.75) is 18.8 Å². The van der Waals surface area contributed by atoms with E-state index in [4.69, 9.17) is 14.2 Å². The maximum Gasteiger partial charge on any atom is 0.313 e. The van der Waals surface area contributed by atoms with E-state index in [1.54, 1.807) is 0 Å². The first-order valence-electron chi connectivity index (χ1n) is 5.77. The van der Waals surface area contributed by atoms with Gasteiger partial charge in [0.1, 0.15) is 0 Å². The first-order valence-corrected chi connectivity index (χ1v) is 5.77. The predicted octanol–water partition coefficient (Wildman–Crippen LogP) is 2.08. The molecule has 1 unspecified atom stereocenters. The number of carbonyl (C=O) groups excluding carboxylic acids is 1. The molecule has 1 saturated carbocycles. The highest BCUT2D eigenvalue weighted by molar-refractivity contribution is 5.79. The SMILES string of the molecule is COC(=O)C(c1ccc2c(c1)OCO2)C1CC1. The number of methoxy groups -OCH3 is 1. The zero-order chi connectivity index (χ0) is 11.8. The fourth-order valence-electron chi connectivity index (χ4n) is 2.26. The van der Waals surface area contributed by atoms with Gasteiger partial charge in [0, 0.05) is 0 Å². The molecule has 1 aliphatic heterocycles. The van der Waals surface area contributed by atoms with Gasteiger partial charge < -0.3 is 14.2 Å². The van der Waals surface area contributed by atoms with Crippen molar-refractivity contribution in [2.24, 2.45) is 5.92 Å². The lowest BCUT2D eigenvalue weighted by atomic mass is 9.94. The standard InChI is InChI=1S/C13H14O4/c1-15-13(14)12(8-2-3-8)9-4-5-10-11(6-9)17-7-16-10/h4-6,8,12H,2-3,7H2,1H3. The molecule has 1 atom stereocenters. The van der Waals surface area contributed by atoms with Crippen LogP contribution in [0.3, 0.4) is 0 Å². The monoisotopic (exact) mass is 234 g/mol. The normalized spacial score (nSPS) is 18.9. The van der Waals surface area contributed by atoms with Gasteiger partial charge in [0.05, 0.1) is 13.0 Å². The number of fused-ring (bicyclic) bond motifs is 1. The van der Waals surface area contributed by atoms with E-state index in [1.165, 1.54) is 7.11 Å². The van der Waals surface area contributed by atoms with Gasteiger partial charge in [-0.2, -0.15) is 0 Å². The van der Waals surface area contributed by atoms with Crippen LogP contribution in [0.1, 0.15) is 24.3 Å². The third-order valence-electron chi connectivity index (χ3n) is 3.30. The number of benzene rings is 1. The minimum absolute atomic E-state index is 0.158. The third-order valence-corrected chi connectivity index (χ3v) is 3.30. The molecule has 0 spiro atoms. The van der Waals surface area contributed by atoms with Crippen molar-refractivity contribution in [3.8, 4) is 11.5 Å². The number of esters is 1. The lowest BCUT2D eigenvalue weighted by Gasteiger charge is -2.14. The zero-order valence-electron chi connectivity index (χ0n) is 9.64. The minimum Gasteiger partial charge on any atom is -0.469 e. The van der Waals surface area contributed by atoms with Crippen LogP contribution in [-0.4, -0.2) is 19.9 Å². The van der Waals surface area contributed by atoms with Gasteiger partial charge in [-0.1, -0.05) is 6.07 Å². The number of rotatable bonds is 3. The summed E-state index contributed by atoms with van der Waals surface area (Å²) in [7, 11) is 1.44.